The first kappa shape index (κ1) is 18.8. The number of aliphatic imine (C=N–C) groups is 1. The summed E-state index contributed by atoms with van der Waals surface area (Å²) < 4.78 is 30.9. The number of sulfonamides is 1. The zero-order valence-corrected chi connectivity index (χ0v) is 15.7. The third kappa shape index (κ3) is 4.73. The van der Waals surface area contributed by atoms with E-state index in [2.05, 4.69) is 15.6 Å². The molecule has 2 rings (SSSR count). The number of hydrogen-bond donors (Lipinski definition) is 2. The van der Waals surface area contributed by atoms with E-state index in [9.17, 15) is 8.42 Å². The Kier molecular flexibility index (Phi) is 6.28. The minimum atomic E-state index is -3.08. The standard InChI is InChI=1S/C16H28N4O3S/c1-5-24(21,22)20-8-6-15(7-9-20)19-16(17-4)18-11-14-10-12(2)23-13(14)3/h10,15H,5-9,11H2,1-4H3,(H2,17,18,19). The van der Waals surface area contributed by atoms with Crippen molar-refractivity contribution in [3.8, 4) is 0 Å². The van der Waals surface area contributed by atoms with E-state index in [-0.39, 0.29) is 11.8 Å². The van der Waals surface area contributed by atoms with Crippen LogP contribution in [0.3, 0.4) is 0 Å². The molecular weight excluding hydrogens is 328 g/mol. The number of aryl methyl sites for hydroxylation is 2. The molecule has 0 spiro atoms. The van der Waals surface area contributed by atoms with Crippen LogP contribution in [0.5, 0.6) is 0 Å². The number of nitrogens with zero attached hydrogens (tertiary/aromatic N) is 2. The third-order valence-corrected chi connectivity index (χ3v) is 6.25. The fourth-order valence-electron chi connectivity index (χ4n) is 2.89. The lowest BCUT2D eigenvalue weighted by molar-refractivity contribution is 0.306. The van der Waals surface area contributed by atoms with Crippen molar-refractivity contribution >= 4 is 16.0 Å². The molecule has 8 heteroatoms. The van der Waals surface area contributed by atoms with Crippen LogP contribution >= 0.6 is 0 Å². The van der Waals surface area contributed by atoms with Gasteiger partial charge in [-0.15, -0.1) is 0 Å². The van der Waals surface area contributed by atoms with Crippen molar-refractivity contribution < 1.29 is 12.8 Å². The summed E-state index contributed by atoms with van der Waals surface area (Å²) in [6.45, 7) is 7.33. The molecule has 1 fully saturated rings. The maximum absolute atomic E-state index is 11.9. The highest BCUT2D eigenvalue weighted by atomic mass is 32.2. The second kappa shape index (κ2) is 8.02. The molecule has 1 saturated heterocycles. The molecule has 7 nitrogen and oxygen atoms in total. The van der Waals surface area contributed by atoms with Gasteiger partial charge in [0.15, 0.2) is 5.96 Å². The summed E-state index contributed by atoms with van der Waals surface area (Å²) in [6.07, 6.45) is 1.56. The van der Waals surface area contributed by atoms with E-state index < -0.39 is 10.0 Å². The molecule has 0 aliphatic carbocycles. The van der Waals surface area contributed by atoms with Gasteiger partial charge in [0.1, 0.15) is 11.5 Å². The highest BCUT2D eigenvalue weighted by Crippen LogP contribution is 2.15. The van der Waals surface area contributed by atoms with Gasteiger partial charge < -0.3 is 15.1 Å². The minimum absolute atomic E-state index is 0.164. The Balaban J connectivity index is 1.83. The Morgan fingerprint density at radius 3 is 2.54 bits per heavy atom. The number of hydrogen-bond acceptors (Lipinski definition) is 4. The minimum Gasteiger partial charge on any atom is -0.466 e. The Morgan fingerprint density at radius 2 is 2.04 bits per heavy atom. The van der Waals surface area contributed by atoms with Crippen LogP contribution in [0.4, 0.5) is 0 Å². The summed E-state index contributed by atoms with van der Waals surface area (Å²) in [7, 11) is -1.34. The molecule has 1 aliphatic rings. The van der Waals surface area contributed by atoms with Gasteiger partial charge in [0.2, 0.25) is 10.0 Å². The second-order valence-corrected chi connectivity index (χ2v) is 8.34. The zero-order valence-electron chi connectivity index (χ0n) is 14.9. The highest BCUT2D eigenvalue weighted by molar-refractivity contribution is 7.89. The van der Waals surface area contributed by atoms with Crippen molar-refractivity contribution in [2.24, 2.45) is 4.99 Å². The first-order valence-electron chi connectivity index (χ1n) is 8.36. The smallest absolute Gasteiger partial charge is 0.213 e. The Hall–Kier alpha value is -1.54. The maximum Gasteiger partial charge on any atom is 0.213 e. The lowest BCUT2D eigenvalue weighted by Crippen LogP contribution is -2.49. The molecule has 2 heterocycles. The van der Waals surface area contributed by atoms with Gasteiger partial charge in [-0.2, -0.15) is 0 Å². The number of rotatable bonds is 5. The van der Waals surface area contributed by atoms with Crippen LogP contribution in [0.2, 0.25) is 0 Å². The lowest BCUT2D eigenvalue weighted by atomic mass is 10.1. The average Bonchev–Trinajstić information content (AvgIpc) is 2.89. The molecule has 1 aromatic rings. The van der Waals surface area contributed by atoms with Crippen molar-refractivity contribution in [3.63, 3.8) is 0 Å². The van der Waals surface area contributed by atoms with E-state index in [1.54, 1.807) is 18.3 Å². The van der Waals surface area contributed by atoms with Gasteiger partial charge in [-0.1, -0.05) is 0 Å². The Bertz CT molecular complexity index is 673. The first-order valence-corrected chi connectivity index (χ1v) is 9.97. The van der Waals surface area contributed by atoms with Crippen molar-refractivity contribution in [2.75, 3.05) is 25.9 Å². The summed E-state index contributed by atoms with van der Waals surface area (Å²) in [5, 5.41) is 6.67. The Morgan fingerprint density at radius 1 is 1.38 bits per heavy atom. The third-order valence-electron chi connectivity index (χ3n) is 4.37. The van der Waals surface area contributed by atoms with Crippen LogP contribution in [0, 0.1) is 13.8 Å². The van der Waals surface area contributed by atoms with Gasteiger partial charge in [0, 0.05) is 38.3 Å². The second-order valence-electron chi connectivity index (χ2n) is 6.08. The number of furan rings is 1. The van der Waals surface area contributed by atoms with Crippen LogP contribution in [0.25, 0.3) is 0 Å². The SMILES string of the molecule is CCS(=O)(=O)N1CCC(NC(=NC)NCc2cc(C)oc2C)CC1. The highest BCUT2D eigenvalue weighted by Gasteiger charge is 2.27. The predicted octanol–water partition coefficient (Wildman–Crippen LogP) is 1.38. The molecule has 0 saturated carbocycles. The zero-order chi connectivity index (χ0) is 17.7. The van der Waals surface area contributed by atoms with Gasteiger partial charge in [-0.25, -0.2) is 12.7 Å². The Labute approximate surface area is 144 Å². The van der Waals surface area contributed by atoms with Crippen LogP contribution < -0.4 is 10.6 Å². The number of guanidine groups is 1. The summed E-state index contributed by atoms with van der Waals surface area (Å²) in [6, 6.07) is 2.25. The monoisotopic (exact) mass is 356 g/mol. The van der Waals surface area contributed by atoms with E-state index in [0.29, 0.717) is 19.6 Å². The largest absolute Gasteiger partial charge is 0.466 e. The van der Waals surface area contributed by atoms with Crippen molar-refractivity contribution in [3.05, 3.63) is 23.2 Å². The van der Waals surface area contributed by atoms with Gasteiger partial charge >= 0.3 is 0 Å². The number of piperidine rings is 1. The predicted molar refractivity (Wildman–Crippen MR) is 95.6 cm³/mol. The van der Waals surface area contributed by atoms with Crippen LogP contribution in [0.1, 0.15) is 36.8 Å². The van der Waals surface area contributed by atoms with Gasteiger partial charge in [0.05, 0.1) is 5.75 Å². The molecule has 0 aromatic carbocycles. The molecule has 24 heavy (non-hydrogen) atoms. The summed E-state index contributed by atoms with van der Waals surface area (Å²) in [5.74, 6) is 2.70. The van der Waals surface area contributed by atoms with Crippen LogP contribution in [-0.4, -0.2) is 50.6 Å². The molecule has 1 aliphatic heterocycles. The molecule has 2 N–H and O–H groups in total. The first-order chi connectivity index (χ1) is 11.4. The summed E-state index contributed by atoms with van der Waals surface area (Å²) >= 11 is 0. The van der Waals surface area contributed by atoms with Crippen LogP contribution in [-0.2, 0) is 16.6 Å². The fraction of sp³-hybridized carbons (Fsp3) is 0.688. The number of nitrogens with one attached hydrogen (secondary N) is 2. The normalized spacial score (nSPS) is 17.9. The molecule has 0 radical (unpaired) electrons. The molecule has 136 valence electrons. The molecule has 0 bridgehead atoms. The quantitative estimate of drug-likeness (QED) is 0.615. The van der Waals surface area contributed by atoms with E-state index in [4.69, 9.17) is 4.42 Å². The van der Waals surface area contributed by atoms with E-state index in [1.807, 2.05) is 19.9 Å². The van der Waals surface area contributed by atoms with E-state index >= 15 is 0 Å². The van der Waals surface area contributed by atoms with E-state index in [1.165, 1.54) is 0 Å². The summed E-state index contributed by atoms with van der Waals surface area (Å²) in [4.78, 5) is 4.25. The van der Waals surface area contributed by atoms with Crippen LogP contribution in [0.15, 0.2) is 15.5 Å². The fourth-order valence-corrected chi connectivity index (χ4v) is 4.02. The van der Waals surface area contributed by atoms with Gasteiger partial charge in [-0.3, -0.25) is 4.99 Å². The lowest BCUT2D eigenvalue weighted by Gasteiger charge is -2.32. The van der Waals surface area contributed by atoms with E-state index in [0.717, 1.165) is 35.9 Å². The molecule has 1 aromatic heterocycles. The topological polar surface area (TPSA) is 86.9 Å². The molecule has 0 unspecified atom stereocenters. The molecule has 0 amide bonds. The summed E-state index contributed by atoms with van der Waals surface area (Å²) in [5.41, 5.74) is 1.11. The molecule has 0 atom stereocenters. The van der Waals surface area contributed by atoms with Gasteiger partial charge in [0.25, 0.3) is 0 Å². The van der Waals surface area contributed by atoms with Gasteiger partial charge in [-0.05, 0) is 39.7 Å². The maximum atomic E-state index is 11.9. The van der Waals surface area contributed by atoms with Crippen molar-refractivity contribution in [1.82, 2.24) is 14.9 Å². The molecular formula is C16H28N4O3S. The average molecular weight is 356 g/mol. The van der Waals surface area contributed by atoms with Crippen molar-refractivity contribution in [1.29, 1.82) is 0 Å². The van der Waals surface area contributed by atoms with Crippen molar-refractivity contribution in [2.45, 2.75) is 46.2 Å².